The second-order valence-corrected chi connectivity index (χ2v) is 5.83. The summed E-state index contributed by atoms with van der Waals surface area (Å²) in [6.07, 6.45) is 2.74. The first kappa shape index (κ1) is 14.4. The monoisotopic (exact) mass is 262 g/mol. The minimum atomic E-state index is 0.698. The van der Waals surface area contributed by atoms with Gasteiger partial charge in [-0.05, 0) is 50.0 Å². The summed E-state index contributed by atoms with van der Waals surface area (Å²) in [6.45, 7) is 5.58. The van der Waals surface area contributed by atoms with Crippen molar-refractivity contribution in [3.63, 3.8) is 0 Å². The van der Waals surface area contributed by atoms with Crippen LogP contribution in [0.2, 0.25) is 0 Å². The Labute approximate surface area is 116 Å². The van der Waals surface area contributed by atoms with Crippen LogP contribution in [-0.4, -0.2) is 38.2 Å². The van der Waals surface area contributed by atoms with E-state index in [0.29, 0.717) is 5.92 Å². The van der Waals surface area contributed by atoms with Crippen LogP contribution in [0.3, 0.4) is 0 Å². The van der Waals surface area contributed by atoms with Gasteiger partial charge in [0.25, 0.3) is 0 Å². The van der Waals surface area contributed by atoms with E-state index in [1.165, 1.54) is 18.4 Å². The third-order valence-corrected chi connectivity index (χ3v) is 3.57. The molecular weight excluding hydrogens is 236 g/mol. The largest absolute Gasteiger partial charge is 0.497 e. The van der Waals surface area contributed by atoms with Crippen LogP contribution in [0.1, 0.15) is 25.3 Å². The van der Waals surface area contributed by atoms with Crippen LogP contribution in [0, 0.1) is 5.92 Å². The molecule has 1 fully saturated rings. The van der Waals surface area contributed by atoms with E-state index in [1.54, 1.807) is 7.11 Å². The number of hydrogen-bond acceptors (Lipinski definition) is 3. The number of nitrogens with one attached hydrogen (secondary N) is 1. The maximum absolute atomic E-state index is 5.18. The standard InChI is InChI=1S/C16H26N2O/c1-13(10-17-15-6-7-15)11-18(2)12-14-4-8-16(19-3)9-5-14/h4-5,8-9,13,15,17H,6-7,10-12H2,1-3H3. The fourth-order valence-electron chi connectivity index (χ4n) is 2.36. The lowest BCUT2D eigenvalue weighted by atomic mass is 10.1. The Morgan fingerprint density at radius 1 is 1.32 bits per heavy atom. The average molecular weight is 262 g/mol. The van der Waals surface area contributed by atoms with Crippen LogP contribution in [0.4, 0.5) is 0 Å². The molecular formula is C16H26N2O. The Morgan fingerprint density at radius 2 is 2.00 bits per heavy atom. The molecule has 1 aromatic carbocycles. The number of ether oxygens (including phenoxy) is 1. The summed E-state index contributed by atoms with van der Waals surface area (Å²) >= 11 is 0. The molecule has 3 nitrogen and oxygen atoms in total. The Balaban J connectivity index is 1.70. The molecule has 19 heavy (non-hydrogen) atoms. The molecule has 0 spiro atoms. The Bertz CT molecular complexity index is 373. The van der Waals surface area contributed by atoms with E-state index in [0.717, 1.165) is 31.4 Å². The molecule has 106 valence electrons. The molecule has 1 aliphatic carbocycles. The van der Waals surface area contributed by atoms with Crippen LogP contribution >= 0.6 is 0 Å². The molecule has 0 heterocycles. The number of hydrogen-bond donors (Lipinski definition) is 1. The lowest BCUT2D eigenvalue weighted by Crippen LogP contribution is -2.31. The summed E-state index contributed by atoms with van der Waals surface area (Å²) in [5.41, 5.74) is 1.34. The van der Waals surface area contributed by atoms with Gasteiger partial charge in [-0.3, -0.25) is 0 Å². The lowest BCUT2D eigenvalue weighted by molar-refractivity contribution is 0.273. The van der Waals surface area contributed by atoms with Crippen molar-refractivity contribution in [2.24, 2.45) is 5.92 Å². The Hall–Kier alpha value is -1.06. The van der Waals surface area contributed by atoms with Crippen LogP contribution in [0.5, 0.6) is 5.75 Å². The molecule has 1 atom stereocenters. The van der Waals surface area contributed by atoms with E-state index >= 15 is 0 Å². The van der Waals surface area contributed by atoms with E-state index in [-0.39, 0.29) is 0 Å². The zero-order valence-corrected chi connectivity index (χ0v) is 12.4. The van der Waals surface area contributed by atoms with Crippen molar-refractivity contribution in [3.8, 4) is 5.75 Å². The highest BCUT2D eigenvalue weighted by molar-refractivity contribution is 5.27. The fourth-order valence-corrected chi connectivity index (χ4v) is 2.36. The second-order valence-electron chi connectivity index (χ2n) is 5.83. The van der Waals surface area contributed by atoms with Gasteiger partial charge in [0, 0.05) is 19.1 Å². The predicted molar refractivity (Wildman–Crippen MR) is 79.5 cm³/mol. The minimum absolute atomic E-state index is 0.698. The first-order valence-corrected chi connectivity index (χ1v) is 7.22. The maximum atomic E-state index is 5.18. The molecule has 0 aromatic heterocycles. The van der Waals surface area contributed by atoms with Crippen LogP contribution in [-0.2, 0) is 6.54 Å². The highest BCUT2D eigenvalue weighted by Gasteiger charge is 2.21. The topological polar surface area (TPSA) is 24.5 Å². The summed E-state index contributed by atoms with van der Waals surface area (Å²) < 4.78 is 5.18. The number of methoxy groups -OCH3 is 1. The van der Waals surface area contributed by atoms with Crippen molar-refractivity contribution in [1.29, 1.82) is 0 Å². The van der Waals surface area contributed by atoms with Gasteiger partial charge in [-0.1, -0.05) is 19.1 Å². The van der Waals surface area contributed by atoms with Gasteiger partial charge in [-0.25, -0.2) is 0 Å². The van der Waals surface area contributed by atoms with Crippen molar-refractivity contribution in [2.75, 3.05) is 27.2 Å². The summed E-state index contributed by atoms with van der Waals surface area (Å²) in [7, 11) is 3.90. The molecule has 0 radical (unpaired) electrons. The van der Waals surface area contributed by atoms with Gasteiger partial charge in [0.2, 0.25) is 0 Å². The van der Waals surface area contributed by atoms with Crippen molar-refractivity contribution >= 4 is 0 Å². The van der Waals surface area contributed by atoms with E-state index in [2.05, 4.69) is 36.3 Å². The molecule has 1 aliphatic rings. The van der Waals surface area contributed by atoms with Crippen molar-refractivity contribution in [1.82, 2.24) is 10.2 Å². The van der Waals surface area contributed by atoms with E-state index in [4.69, 9.17) is 4.74 Å². The first-order chi connectivity index (χ1) is 9.17. The molecule has 3 heteroatoms. The summed E-state index contributed by atoms with van der Waals surface area (Å²) in [5.74, 6) is 1.62. The molecule has 0 bridgehead atoms. The van der Waals surface area contributed by atoms with Gasteiger partial charge < -0.3 is 15.0 Å². The van der Waals surface area contributed by atoms with Gasteiger partial charge >= 0.3 is 0 Å². The normalized spacial score (nSPS) is 16.6. The van der Waals surface area contributed by atoms with E-state index in [9.17, 15) is 0 Å². The lowest BCUT2D eigenvalue weighted by Gasteiger charge is -2.21. The second kappa shape index (κ2) is 6.92. The highest BCUT2D eigenvalue weighted by Crippen LogP contribution is 2.19. The Kier molecular flexibility index (Phi) is 5.23. The third kappa shape index (κ3) is 5.21. The number of benzene rings is 1. The van der Waals surface area contributed by atoms with Crippen LogP contribution in [0.15, 0.2) is 24.3 Å². The minimum Gasteiger partial charge on any atom is -0.497 e. The quantitative estimate of drug-likeness (QED) is 0.779. The summed E-state index contributed by atoms with van der Waals surface area (Å²) in [4.78, 5) is 2.39. The van der Waals surface area contributed by atoms with Gasteiger partial charge in [0.15, 0.2) is 0 Å². The van der Waals surface area contributed by atoms with Crippen molar-refractivity contribution < 1.29 is 4.74 Å². The van der Waals surface area contributed by atoms with Gasteiger partial charge in [-0.2, -0.15) is 0 Å². The SMILES string of the molecule is COc1ccc(CN(C)CC(C)CNC2CC2)cc1. The molecule has 1 N–H and O–H groups in total. The molecule has 1 saturated carbocycles. The molecule has 0 amide bonds. The first-order valence-electron chi connectivity index (χ1n) is 7.22. The molecule has 0 saturated heterocycles. The fraction of sp³-hybridized carbons (Fsp3) is 0.625. The maximum Gasteiger partial charge on any atom is 0.118 e. The van der Waals surface area contributed by atoms with Gasteiger partial charge in [0.05, 0.1) is 7.11 Å². The van der Waals surface area contributed by atoms with Crippen molar-refractivity contribution in [3.05, 3.63) is 29.8 Å². The summed E-state index contributed by atoms with van der Waals surface area (Å²) in [5, 5.41) is 3.60. The van der Waals surface area contributed by atoms with Gasteiger partial charge in [-0.15, -0.1) is 0 Å². The van der Waals surface area contributed by atoms with Crippen LogP contribution in [0.25, 0.3) is 0 Å². The molecule has 1 aromatic rings. The van der Waals surface area contributed by atoms with Crippen LogP contribution < -0.4 is 10.1 Å². The number of rotatable bonds is 8. The Morgan fingerprint density at radius 3 is 2.58 bits per heavy atom. The zero-order chi connectivity index (χ0) is 13.7. The molecule has 2 rings (SSSR count). The smallest absolute Gasteiger partial charge is 0.118 e. The van der Waals surface area contributed by atoms with E-state index in [1.807, 2.05) is 12.1 Å². The predicted octanol–water partition coefficient (Wildman–Crippen LogP) is 2.52. The zero-order valence-electron chi connectivity index (χ0n) is 12.4. The molecule has 1 unspecified atom stereocenters. The van der Waals surface area contributed by atoms with Gasteiger partial charge in [0.1, 0.15) is 5.75 Å². The van der Waals surface area contributed by atoms with Crippen molar-refractivity contribution in [2.45, 2.75) is 32.4 Å². The highest BCUT2D eigenvalue weighted by atomic mass is 16.5. The average Bonchev–Trinajstić information content (AvgIpc) is 3.21. The molecule has 0 aliphatic heterocycles. The van der Waals surface area contributed by atoms with E-state index < -0.39 is 0 Å². The third-order valence-electron chi connectivity index (χ3n) is 3.57. The number of nitrogens with zero attached hydrogens (tertiary/aromatic N) is 1. The summed E-state index contributed by atoms with van der Waals surface area (Å²) in [6, 6.07) is 9.15.